The summed E-state index contributed by atoms with van der Waals surface area (Å²) in [5.41, 5.74) is 5.32. The Balaban J connectivity index is 1.45. The minimum absolute atomic E-state index is 0.107. The average Bonchev–Trinajstić information content (AvgIpc) is 3.26. The van der Waals surface area contributed by atoms with Gasteiger partial charge in [0.2, 0.25) is 5.91 Å². The van der Waals surface area contributed by atoms with E-state index in [2.05, 4.69) is 42.2 Å². The molecule has 0 N–H and O–H groups in total. The summed E-state index contributed by atoms with van der Waals surface area (Å²) in [4.78, 5) is 14.9. The molecule has 0 fully saturated rings. The number of amides is 1. The summed E-state index contributed by atoms with van der Waals surface area (Å²) < 4.78 is 2.04. The molecule has 5 rings (SSSR count). The molecule has 0 aliphatic carbocycles. The second-order valence-corrected chi connectivity index (χ2v) is 8.20. The summed E-state index contributed by atoms with van der Waals surface area (Å²) in [5, 5.41) is 10.6. The molecule has 1 aliphatic rings. The molecule has 0 bridgehead atoms. The van der Waals surface area contributed by atoms with Crippen molar-refractivity contribution in [3.8, 4) is 0 Å². The Bertz CT molecular complexity index is 1220. The van der Waals surface area contributed by atoms with Gasteiger partial charge in [0.1, 0.15) is 0 Å². The third kappa shape index (κ3) is 2.67. The van der Waals surface area contributed by atoms with Gasteiger partial charge in [-0.15, -0.1) is 10.2 Å². The molecule has 2 aromatic carbocycles. The van der Waals surface area contributed by atoms with Gasteiger partial charge in [0.15, 0.2) is 10.8 Å². The molecule has 1 amide bonds. The van der Waals surface area contributed by atoms with Crippen molar-refractivity contribution < 1.29 is 4.79 Å². The van der Waals surface area contributed by atoms with Crippen LogP contribution in [0.1, 0.15) is 18.1 Å². The largest absolute Gasteiger partial charge is 0.308 e. The Hall–Kier alpha value is -2.86. The lowest BCUT2D eigenvalue weighted by Crippen LogP contribution is -2.37. The van der Waals surface area contributed by atoms with Crippen LogP contribution < -0.4 is 4.90 Å². The van der Waals surface area contributed by atoms with Crippen LogP contribution in [0.15, 0.2) is 59.8 Å². The van der Waals surface area contributed by atoms with E-state index < -0.39 is 0 Å². The molecule has 0 spiro atoms. The van der Waals surface area contributed by atoms with Gasteiger partial charge in [-0.25, -0.2) is 0 Å². The van der Waals surface area contributed by atoms with Crippen molar-refractivity contribution in [1.82, 2.24) is 14.6 Å². The predicted molar refractivity (Wildman–Crippen MR) is 113 cm³/mol. The van der Waals surface area contributed by atoms with Gasteiger partial charge in [0.05, 0.1) is 11.3 Å². The van der Waals surface area contributed by atoms with E-state index in [0.717, 1.165) is 28.4 Å². The van der Waals surface area contributed by atoms with Gasteiger partial charge >= 0.3 is 0 Å². The molecule has 28 heavy (non-hydrogen) atoms. The number of hydrogen-bond donors (Lipinski definition) is 0. The topological polar surface area (TPSA) is 50.5 Å². The van der Waals surface area contributed by atoms with Crippen molar-refractivity contribution >= 4 is 39.9 Å². The number of anilines is 1. The molecule has 2 aromatic heterocycles. The van der Waals surface area contributed by atoms with E-state index in [0.29, 0.717) is 5.75 Å². The number of aryl methyl sites for hydroxylation is 1. The second kappa shape index (κ2) is 6.63. The highest BCUT2D eigenvalue weighted by molar-refractivity contribution is 7.99. The fraction of sp³-hybridized carbons (Fsp3) is 0.227. The maximum atomic E-state index is 13.0. The lowest BCUT2D eigenvalue weighted by atomic mass is 10.1. The number of fused-ring (bicyclic) bond motifs is 4. The molecular weight excluding hydrogens is 368 g/mol. The van der Waals surface area contributed by atoms with Crippen LogP contribution in [0, 0.1) is 6.92 Å². The molecule has 0 saturated carbocycles. The highest BCUT2D eigenvalue weighted by atomic mass is 32.2. The molecular formula is C22H20N4OS. The smallest absolute Gasteiger partial charge is 0.237 e. The van der Waals surface area contributed by atoms with Crippen LogP contribution in [0.2, 0.25) is 0 Å². The van der Waals surface area contributed by atoms with Gasteiger partial charge in [-0.05, 0) is 49.6 Å². The van der Waals surface area contributed by atoms with Crippen molar-refractivity contribution in [1.29, 1.82) is 0 Å². The highest BCUT2D eigenvalue weighted by Crippen LogP contribution is 2.33. The summed E-state index contributed by atoms with van der Waals surface area (Å²) in [7, 11) is 0. The Morgan fingerprint density at radius 2 is 1.93 bits per heavy atom. The number of aromatic nitrogens is 3. The van der Waals surface area contributed by atoms with Crippen LogP contribution in [0.5, 0.6) is 0 Å². The maximum absolute atomic E-state index is 13.0. The third-order valence-corrected chi connectivity index (χ3v) is 6.29. The lowest BCUT2D eigenvalue weighted by molar-refractivity contribution is -0.116. The van der Waals surface area contributed by atoms with E-state index in [1.807, 2.05) is 45.7 Å². The number of para-hydroxylation sites is 2. The number of carbonyl (C=O) groups is 1. The van der Waals surface area contributed by atoms with Crippen LogP contribution in [0.3, 0.4) is 0 Å². The minimum atomic E-state index is 0.107. The van der Waals surface area contributed by atoms with Gasteiger partial charge < -0.3 is 4.90 Å². The highest BCUT2D eigenvalue weighted by Gasteiger charge is 2.30. The van der Waals surface area contributed by atoms with Gasteiger partial charge in [-0.3, -0.25) is 9.20 Å². The van der Waals surface area contributed by atoms with Gasteiger partial charge in [-0.1, -0.05) is 48.2 Å². The van der Waals surface area contributed by atoms with Crippen LogP contribution in [0.4, 0.5) is 5.69 Å². The van der Waals surface area contributed by atoms with Gasteiger partial charge in [0, 0.05) is 17.1 Å². The first-order valence-corrected chi connectivity index (χ1v) is 10.4. The van der Waals surface area contributed by atoms with E-state index in [4.69, 9.17) is 0 Å². The Morgan fingerprint density at radius 1 is 1.14 bits per heavy atom. The van der Waals surface area contributed by atoms with E-state index >= 15 is 0 Å². The van der Waals surface area contributed by atoms with Crippen LogP contribution in [-0.2, 0) is 11.2 Å². The molecule has 0 saturated heterocycles. The number of hydrogen-bond acceptors (Lipinski definition) is 4. The summed E-state index contributed by atoms with van der Waals surface area (Å²) in [5.74, 6) is 0.442. The molecule has 140 valence electrons. The normalized spacial score (nSPS) is 16.1. The first kappa shape index (κ1) is 17.3. The monoisotopic (exact) mass is 388 g/mol. The Labute approximate surface area is 167 Å². The van der Waals surface area contributed by atoms with E-state index in [9.17, 15) is 4.79 Å². The quantitative estimate of drug-likeness (QED) is 0.492. The van der Waals surface area contributed by atoms with Gasteiger partial charge in [0.25, 0.3) is 0 Å². The SMILES string of the molecule is Cc1cc2nnc(SCC(=O)N3c4ccccc4C[C@@H]3C)n2c2ccccc12. The second-order valence-electron chi connectivity index (χ2n) is 7.25. The van der Waals surface area contributed by atoms with Crippen molar-refractivity contribution in [2.75, 3.05) is 10.7 Å². The van der Waals surface area contributed by atoms with Crippen molar-refractivity contribution in [2.45, 2.75) is 31.5 Å². The molecule has 1 atom stereocenters. The molecule has 0 radical (unpaired) electrons. The number of rotatable bonds is 3. The zero-order chi connectivity index (χ0) is 19.3. The summed E-state index contributed by atoms with van der Waals surface area (Å²) in [6.45, 7) is 4.19. The number of benzene rings is 2. The van der Waals surface area contributed by atoms with Crippen LogP contribution in [0.25, 0.3) is 16.6 Å². The first-order valence-electron chi connectivity index (χ1n) is 9.40. The standard InChI is InChI=1S/C22H20N4OS/c1-14-11-20-23-24-22(26(20)19-10-6-4-8-17(14)19)28-13-21(27)25-15(2)12-16-7-3-5-9-18(16)25/h3-11,15H,12-13H2,1-2H3/t15-/m0/s1. The molecule has 4 aromatic rings. The molecule has 5 nitrogen and oxygen atoms in total. The predicted octanol–water partition coefficient (Wildman–Crippen LogP) is 4.26. The van der Waals surface area contributed by atoms with Crippen molar-refractivity contribution in [3.05, 3.63) is 65.7 Å². The zero-order valence-electron chi connectivity index (χ0n) is 15.8. The molecule has 1 aliphatic heterocycles. The average molecular weight is 388 g/mol. The van der Waals surface area contributed by atoms with Crippen LogP contribution in [-0.4, -0.2) is 32.3 Å². The molecule has 0 unspecified atom stereocenters. The van der Waals surface area contributed by atoms with E-state index in [-0.39, 0.29) is 11.9 Å². The maximum Gasteiger partial charge on any atom is 0.237 e. The summed E-state index contributed by atoms with van der Waals surface area (Å²) in [6.07, 6.45) is 0.907. The third-order valence-electron chi connectivity index (χ3n) is 5.37. The van der Waals surface area contributed by atoms with Gasteiger partial charge in [-0.2, -0.15) is 0 Å². The minimum Gasteiger partial charge on any atom is -0.308 e. The number of pyridine rings is 1. The zero-order valence-corrected chi connectivity index (χ0v) is 16.6. The summed E-state index contributed by atoms with van der Waals surface area (Å²) in [6, 6.07) is 18.6. The lowest BCUT2D eigenvalue weighted by Gasteiger charge is -2.22. The van der Waals surface area contributed by atoms with Crippen molar-refractivity contribution in [3.63, 3.8) is 0 Å². The Morgan fingerprint density at radius 3 is 2.82 bits per heavy atom. The summed E-state index contributed by atoms with van der Waals surface area (Å²) >= 11 is 1.45. The number of nitrogens with zero attached hydrogens (tertiary/aromatic N) is 4. The first-order chi connectivity index (χ1) is 13.6. The fourth-order valence-electron chi connectivity index (χ4n) is 4.11. The number of thioether (sulfide) groups is 1. The number of carbonyl (C=O) groups excluding carboxylic acids is 1. The Kier molecular flexibility index (Phi) is 4.09. The van der Waals surface area contributed by atoms with Crippen LogP contribution >= 0.6 is 11.8 Å². The molecule has 6 heteroatoms. The van der Waals surface area contributed by atoms with Crippen molar-refractivity contribution in [2.24, 2.45) is 0 Å². The van der Waals surface area contributed by atoms with E-state index in [1.54, 1.807) is 0 Å². The van der Waals surface area contributed by atoms with E-state index in [1.165, 1.54) is 28.3 Å². The fourth-order valence-corrected chi connectivity index (χ4v) is 4.92. The molecule has 3 heterocycles.